The minimum absolute atomic E-state index is 0.0200. The van der Waals surface area contributed by atoms with Crippen LogP contribution in [0.1, 0.15) is 91.4 Å². The molecule has 0 aromatic heterocycles. The first-order valence-electron chi connectivity index (χ1n) is 30.0. The molecule has 476 valence electrons. The topological polar surface area (TPSA) is 246 Å². The SMILES string of the molecule is CO[C@@H]1O[C@H](CO[C@@H]2O[C@@H](C)[C@@H](OCc3ccccc3)[C@@H](OCc3ccccc3)[C@@H]2OCc2ccccc2)[C@@H](O[C@@H]2O[C@H](COC(C)=O)[C@@H](OC(C)=O)[C@H](OC(C)=O)[C@H]2N2C(=O)c3ccccc3C2=O)[C@H](OCc2ccccc2)[C@H]1N1C(=O)c2ccccc2C1=O. The zero-order valence-electron chi connectivity index (χ0n) is 50.6. The summed E-state index contributed by atoms with van der Waals surface area (Å²) in [6.45, 7) is 4.19. The van der Waals surface area contributed by atoms with Crippen LogP contribution in [0.15, 0.2) is 170 Å². The lowest BCUT2D eigenvalue weighted by molar-refractivity contribution is -0.357. The Morgan fingerprint density at radius 3 is 1.19 bits per heavy atom. The van der Waals surface area contributed by atoms with Gasteiger partial charge in [0.25, 0.3) is 23.6 Å². The number of methoxy groups -OCH3 is 1. The van der Waals surface area contributed by atoms with Crippen molar-refractivity contribution in [3.63, 3.8) is 0 Å². The van der Waals surface area contributed by atoms with E-state index >= 15 is 0 Å². The highest BCUT2D eigenvalue weighted by Gasteiger charge is 2.62. The molecule has 0 spiro atoms. The van der Waals surface area contributed by atoms with E-state index in [4.69, 9.17) is 61.6 Å². The second kappa shape index (κ2) is 29.3. The summed E-state index contributed by atoms with van der Waals surface area (Å²) < 4.78 is 85.9. The molecule has 6 aromatic rings. The Balaban J connectivity index is 1.04. The second-order valence-corrected chi connectivity index (χ2v) is 22.5. The minimum atomic E-state index is -1.97. The molecule has 0 N–H and O–H groups in total. The first kappa shape index (κ1) is 64.2. The van der Waals surface area contributed by atoms with Crippen molar-refractivity contribution in [3.05, 3.63) is 214 Å². The van der Waals surface area contributed by atoms with Crippen molar-refractivity contribution in [3.8, 4) is 0 Å². The van der Waals surface area contributed by atoms with Crippen molar-refractivity contribution in [2.24, 2.45) is 0 Å². The number of rotatable bonds is 24. The predicted octanol–water partition coefficient (Wildman–Crippen LogP) is 7.33. The Kier molecular flexibility index (Phi) is 20.6. The Morgan fingerprint density at radius 1 is 0.385 bits per heavy atom. The van der Waals surface area contributed by atoms with Crippen LogP contribution in [0, 0.1) is 0 Å². The van der Waals surface area contributed by atoms with Crippen LogP contribution < -0.4 is 0 Å². The zero-order chi connectivity index (χ0) is 63.7. The molecule has 4 amide bonds. The van der Waals surface area contributed by atoms with Crippen molar-refractivity contribution >= 4 is 41.5 Å². The Labute approximate surface area is 525 Å². The molecule has 5 aliphatic rings. The van der Waals surface area contributed by atoms with Gasteiger partial charge in [0.2, 0.25) is 0 Å². The molecular formula is C69H70N2O20. The van der Waals surface area contributed by atoms with Crippen LogP contribution in [0.4, 0.5) is 0 Å². The molecule has 22 heteroatoms. The Morgan fingerprint density at radius 2 is 0.758 bits per heavy atom. The van der Waals surface area contributed by atoms with Crippen LogP contribution in [-0.4, -0.2) is 164 Å². The van der Waals surface area contributed by atoms with Crippen LogP contribution in [0.3, 0.4) is 0 Å². The molecule has 5 heterocycles. The molecule has 0 unspecified atom stereocenters. The fraction of sp³-hybridized carbons (Fsp3) is 0.377. The highest BCUT2D eigenvalue weighted by molar-refractivity contribution is 6.22. The first-order chi connectivity index (χ1) is 44.2. The Hall–Kier alpha value is -8.39. The highest BCUT2D eigenvalue weighted by atomic mass is 16.8. The molecular weight excluding hydrogens is 1180 g/mol. The van der Waals surface area contributed by atoms with Crippen LogP contribution in [0.5, 0.6) is 0 Å². The van der Waals surface area contributed by atoms with Gasteiger partial charge < -0.3 is 61.6 Å². The number of nitrogens with zero attached hydrogens (tertiary/aromatic N) is 2. The summed E-state index contributed by atoms with van der Waals surface area (Å²) in [5.74, 6) is -5.77. The number of benzene rings is 6. The summed E-state index contributed by atoms with van der Waals surface area (Å²) in [5, 5.41) is 0. The van der Waals surface area contributed by atoms with E-state index in [0.717, 1.165) is 47.3 Å². The second-order valence-electron chi connectivity index (χ2n) is 22.5. The normalized spacial score (nSPS) is 27.9. The third-order valence-corrected chi connectivity index (χ3v) is 16.3. The van der Waals surface area contributed by atoms with Crippen molar-refractivity contribution < 1.29 is 95.1 Å². The van der Waals surface area contributed by atoms with Crippen LogP contribution in [-0.2, 0) is 102 Å². The van der Waals surface area contributed by atoms with Gasteiger partial charge in [-0.3, -0.25) is 43.4 Å². The van der Waals surface area contributed by atoms with Crippen LogP contribution in [0.25, 0.3) is 0 Å². The first-order valence-corrected chi connectivity index (χ1v) is 30.0. The molecule has 0 bridgehead atoms. The van der Waals surface area contributed by atoms with E-state index in [-0.39, 0.29) is 48.7 Å². The van der Waals surface area contributed by atoms with Gasteiger partial charge in [0, 0.05) is 27.9 Å². The maximum atomic E-state index is 14.9. The lowest BCUT2D eigenvalue weighted by atomic mass is 9.92. The average molecular weight is 1250 g/mol. The summed E-state index contributed by atoms with van der Waals surface area (Å²) >= 11 is 0. The zero-order valence-corrected chi connectivity index (χ0v) is 50.6. The maximum absolute atomic E-state index is 14.9. The van der Waals surface area contributed by atoms with Crippen LogP contribution in [0.2, 0.25) is 0 Å². The van der Waals surface area contributed by atoms with E-state index in [9.17, 15) is 33.6 Å². The minimum Gasteiger partial charge on any atom is -0.463 e. The van der Waals surface area contributed by atoms with Gasteiger partial charge in [0.15, 0.2) is 31.1 Å². The van der Waals surface area contributed by atoms with Gasteiger partial charge in [-0.2, -0.15) is 0 Å². The molecule has 0 aliphatic carbocycles. The summed E-state index contributed by atoms with van der Waals surface area (Å²) in [6.07, 6.45) is -17.8. The molecule has 0 radical (unpaired) electrons. The number of hydrogen-bond donors (Lipinski definition) is 0. The summed E-state index contributed by atoms with van der Waals surface area (Å²) in [5.41, 5.74) is 3.37. The van der Waals surface area contributed by atoms with Crippen molar-refractivity contribution in [1.82, 2.24) is 9.80 Å². The standard InChI is InChI=1S/C69H70N2O20/c1-40-56(81-34-44-22-10-6-11-23-44)61(83-36-46-26-14-8-15-27-46)62(84-37-47-28-16-9-17-29-47)69(86-40)85-39-53-57(59(82-35-45-24-12-7-13-25-45)54(67(79-5)89-53)70-63(75)48-30-18-19-31-49(48)64(70)76)91-68-55(71-65(77)50-32-20-21-33-51(50)66(71)78)60(88-43(4)74)58(87-42(3)73)52(90-68)38-80-41(2)72/h6-33,40,52-62,67-69H,34-39H2,1-5H3/t40-,52+,53+,54+,55+,56+,57+,58+,59+,60+,61+,62-,67+,68-,69+/m0/s1. The highest BCUT2D eigenvalue weighted by Crippen LogP contribution is 2.42. The molecule has 91 heavy (non-hydrogen) atoms. The number of imide groups is 2. The van der Waals surface area contributed by atoms with Gasteiger partial charge in [0.1, 0.15) is 61.4 Å². The van der Waals surface area contributed by atoms with E-state index in [1.807, 2.05) is 104 Å². The summed E-state index contributed by atoms with van der Waals surface area (Å²) in [7, 11) is 1.33. The number of ether oxygens (including phenoxy) is 13. The lowest BCUT2D eigenvalue weighted by Gasteiger charge is -2.52. The molecule has 6 aromatic carbocycles. The lowest BCUT2D eigenvalue weighted by Crippen LogP contribution is -2.71. The van der Waals surface area contributed by atoms with E-state index in [1.165, 1.54) is 31.4 Å². The number of amides is 4. The molecule has 3 saturated heterocycles. The number of esters is 3. The van der Waals surface area contributed by atoms with Gasteiger partial charge >= 0.3 is 17.9 Å². The number of carbonyl (C=O) groups is 7. The fourth-order valence-electron chi connectivity index (χ4n) is 12.2. The molecule has 22 nitrogen and oxygen atoms in total. The van der Waals surface area contributed by atoms with E-state index in [2.05, 4.69) is 0 Å². The van der Waals surface area contributed by atoms with E-state index in [1.54, 1.807) is 48.5 Å². The number of hydrogen-bond acceptors (Lipinski definition) is 20. The van der Waals surface area contributed by atoms with Crippen molar-refractivity contribution in [1.29, 1.82) is 0 Å². The van der Waals surface area contributed by atoms with Crippen molar-refractivity contribution in [2.75, 3.05) is 20.3 Å². The van der Waals surface area contributed by atoms with Crippen molar-refractivity contribution in [2.45, 2.75) is 146 Å². The van der Waals surface area contributed by atoms with Gasteiger partial charge in [-0.15, -0.1) is 0 Å². The summed E-state index contributed by atoms with van der Waals surface area (Å²) in [6, 6.07) is 46.7. The van der Waals surface area contributed by atoms with Gasteiger partial charge in [0.05, 0.1) is 61.4 Å². The third kappa shape index (κ3) is 14.4. The predicted molar refractivity (Wildman–Crippen MR) is 319 cm³/mol. The molecule has 15 atom stereocenters. The van der Waals surface area contributed by atoms with E-state index < -0.39 is 147 Å². The van der Waals surface area contributed by atoms with E-state index in [0.29, 0.717) is 5.56 Å². The maximum Gasteiger partial charge on any atom is 0.303 e. The fourth-order valence-corrected chi connectivity index (χ4v) is 12.2. The quantitative estimate of drug-likeness (QED) is 0.0327. The molecule has 0 saturated carbocycles. The summed E-state index contributed by atoms with van der Waals surface area (Å²) in [4.78, 5) is 101. The third-order valence-electron chi connectivity index (χ3n) is 16.3. The van der Waals surface area contributed by atoms with Crippen LogP contribution >= 0.6 is 0 Å². The smallest absolute Gasteiger partial charge is 0.303 e. The number of carbonyl (C=O) groups excluding carboxylic acids is 7. The molecule has 5 aliphatic heterocycles. The number of fused-ring (bicyclic) bond motifs is 2. The van der Waals surface area contributed by atoms with Gasteiger partial charge in [-0.25, -0.2) is 0 Å². The monoisotopic (exact) mass is 1250 g/mol. The largest absolute Gasteiger partial charge is 0.463 e. The molecule has 3 fully saturated rings. The van der Waals surface area contributed by atoms with Gasteiger partial charge in [-0.05, 0) is 53.4 Å². The van der Waals surface area contributed by atoms with Gasteiger partial charge in [-0.1, -0.05) is 146 Å². The molecule has 11 rings (SSSR count). The average Bonchev–Trinajstić information content (AvgIpc) is 1.70. The Bertz CT molecular complexity index is 3460.